The van der Waals surface area contributed by atoms with Gasteiger partial charge in [-0.05, 0) is 25.1 Å². The Hall–Kier alpha value is -2.00. The van der Waals surface area contributed by atoms with Crippen LogP contribution in [0.2, 0.25) is 16.6 Å². The summed E-state index contributed by atoms with van der Waals surface area (Å²) in [5.74, 6) is 0.853. The van der Waals surface area contributed by atoms with E-state index in [0.717, 1.165) is 22.9 Å². The van der Waals surface area contributed by atoms with Crippen molar-refractivity contribution in [2.75, 3.05) is 0 Å². The van der Waals surface area contributed by atoms with Crippen LogP contribution in [0, 0.1) is 6.92 Å². The third kappa shape index (κ3) is 3.77. The quantitative estimate of drug-likeness (QED) is 0.411. The third-order valence-electron chi connectivity index (χ3n) is 6.66. The Morgan fingerprint density at radius 2 is 1.39 bits per heavy atom. The Morgan fingerprint density at radius 1 is 0.786 bits per heavy atom. The molecule has 148 valence electrons. The molecule has 0 aliphatic rings. The number of fused-ring (bicyclic) bond motifs is 1. The Morgan fingerprint density at radius 3 is 1.96 bits per heavy atom. The SMILES string of the molecule is Cc1ccc2nc(-c3ccccc3)nc(C[Si](C(C)C)(C(C)C)C(C)C)c2c1. The standard InChI is InChI=1S/C25H34N2Si/c1-17(2)28(18(3)4,19(5)6)16-24-22-15-20(7)13-14-23(22)26-25(27-24)21-11-9-8-10-12-21/h8-15,17-19H,16H2,1-7H3. The summed E-state index contributed by atoms with van der Waals surface area (Å²) in [6.45, 7) is 16.7. The highest BCUT2D eigenvalue weighted by Crippen LogP contribution is 2.44. The molecule has 28 heavy (non-hydrogen) atoms. The molecule has 0 unspecified atom stereocenters. The summed E-state index contributed by atoms with van der Waals surface area (Å²) in [7, 11) is -1.62. The van der Waals surface area contributed by atoms with Crippen molar-refractivity contribution in [3.8, 4) is 11.4 Å². The van der Waals surface area contributed by atoms with Crippen LogP contribution in [0.15, 0.2) is 48.5 Å². The second-order valence-electron chi connectivity index (χ2n) is 9.13. The van der Waals surface area contributed by atoms with Gasteiger partial charge in [0.25, 0.3) is 0 Å². The summed E-state index contributed by atoms with van der Waals surface area (Å²) in [4.78, 5) is 10.1. The fourth-order valence-electron chi connectivity index (χ4n) is 5.06. The molecule has 3 rings (SSSR count). The van der Waals surface area contributed by atoms with E-state index in [1.807, 2.05) is 6.07 Å². The number of benzene rings is 2. The summed E-state index contributed by atoms with van der Waals surface area (Å²) < 4.78 is 0. The number of aromatic nitrogens is 2. The maximum Gasteiger partial charge on any atom is 0.160 e. The van der Waals surface area contributed by atoms with Crippen molar-refractivity contribution in [3.05, 3.63) is 59.8 Å². The van der Waals surface area contributed by atoms with Crippen molar-refractivity contribution in [3.63, 3.8) is 0 Å². The Balaban J connectivity index is 2.24. The van der Waals surface area contributed by atoms with E-state index >= 15 is 0 Å². The first-order valence-corrected chi connectivity index (χ1v) is 13.0. The predicted molar refractivity (Wildman–Crippen MR) is 124 cm³/mol. The lowest BCUT2D eigenvalue weighted by molar-refractivity contribution is 0.793. The molecule has 0 atom stereocenters. The van der Waals surface area contributed by atoms with Crippen LogP contribution in [0.3, 0.4) is 0 Å². The van der Waals surface area contributed by atoms with Crippen LogP contribution in [0.4, 0.5) is 0 Å². The van der Waals surface area contributed by atoms with Crippen molar-refractivity contribution < 1.29 is 0 Å². The highest BCUT2D eigenvalue weighted by molar-refractivity contribution is 6.83. The lowest BCUT2D eigenvalue weighted by Gasteiger charge is -2.43. The Bertz CT molecular complexity index is 924. The van der Waals surface area contributed by atoms with E-state index in [1.54, 1.807) is 0 Å². The van der Waals surface area contributed by atoms with E-state index < -0.39 is 8.07 Å². The second kappa shape index (κ2) is 8.16. The number of hydrogen-bond acceptors (Lipinski definition) is 2. The van der Waals surface area contributed by atoms with Gasteiger partial charge in [-0.3, -0.25) is 0 Å². The zero-order valence-corrected chi connectivity index (χ0v) is 19.5. The van der Waals surface area contributed by atoms with Crippen LogP contribution < -0.4 is 0 Å². The Kier molecular flexibility index (Phi) is 6.04. The summed E-state index contributed by atoms with van der Waals surface area (Å²) in [6.07, 6.45) is 0. The normalized spacial score (nSPS) is 12.5. The van der Waals surface area contributed by atoms with Crippen LogP contribution in [-0.2, 0) is 6.04 Å². The molecule has 0 fully saturated rings. The first-order chi connectivity index (χ1) is 13.3. The molecule has 0 saturated carbocycles. The minimum atomic E-state index is -1.62. The van der Waals surface area contributed by atoms with Gasteiger partial charge in [0.15, 0.2) is 5.82 Å². The van der Waals surface area contributed by atoms with Gasteiger partial charge in [-0.15, -0.1) is 0 Å². The van der Waals surface area contributed by atoms with Gasteiger partial charge in [0.05, 0.1) is 13.6 Å². The van der Waals surface area contributed by atoms with Crippen molar-refractivity contribution >= 4 is 19.0 Å². The van der Waals surface area contributed by atoms with E-state index in [2.05, 4.69) is 90.9 Å². The van der Waals surface area contributed by atoms with Gasteiger partial charge in [0.2, 0.25) is 0 Å². The average Bonchev–Trinajstić information content (AvgIpc) is 2.65. The van der Waals surface area contributed by atoms with Gasteiger partial charge in [0, 0.05) is 16.6 Å². The number of nitrogens with zero attached hydrogens (tertiary/aromatic N) is 2. The van der Waals surface area contributed by atoms with E-state index in [-0.39, 0.29) is 0 Å². The van der Waals surface area contributed by atoms with Crippen molar-refractivity contribution in [1.29, 1.82) is 0 Å². The van der Waals surface area contributed by atoms with Crippen LogP contribution in [0.1, 0.15) is 52.8 Å². The van der Waals surface area contributed by atoms with E-state index in [9.17, 15) is 0 Å². The molecule has 0 aliphatic heterocycles. The largest absolute Gasteiger partial charge is 0.233 e. The molecule has 0 saturated heterocycles. The van der Waals surface area contributed by atoms with Gasteiger partial charge in [-0.25, -0.2) is 9.97 Å². The molecule has 0 bridgehead atoms. The van der Waals surface area contributed by atoms with Gasteiger partial charge < -0.3 is 0 Å². The van der Waals surface area contributed by atoms with Crippen LogP contribution >= 0.6 is 0 Å². The first-order valence-electron chi connectivity index (χ1n) is 10.6. The molecule has 0 aliphatic carbocycles. The lowest BCUT2D eigenvalue weighted by Crippen LogP contribution is -2.47. The summed E-state index contributed by atoms with van der Waals surface area (Å²) in [5, 5.41) is 1.23. The summed E-state index contributed by atoms with van der Waals surface area (Å²) in [6, 6.07) is 18.1. The lowest BCUT2D eigenvalue weighted by atomic mass is 10.1. The van der Waals surface area contributed by atoms with Gasteiger partial charge in [-0.1, -0.05) is 100 Å². The molecule has 0 radical (unpaired) electrons. The number of rotatable bonds is 6. The summed E-state index contributed by atoms with van der Waals surface area (Å²) >= 11 is 0. The van der Waals surface area contributed by atoms with Crippen LogP contribution in [0.25, 0.3) is 22.3 Å². The fraction of sp³-hybridized carbons (Fsp3) is 0.440. The van der Waals surface area contributed by atoms with Crippen LogP contribution in [-0.4, -0.2) is 18.0 Å². The first kappa shape index (κ1) is 20.7. The van der Waals surface area contributed by atoms with Gasteiger partial charge in [-0.2, -0.15) is 0 Å². The van der Waals surface area contributed by atoms with Gasteiger partial charge >= 0.3 is 0 Å². The molecule has 0 N–H and O–H groups in total. The third-order valence-corrected chi connectivity index (χ3v) is 14.1. The minimum Gasteiger partial charge on any atom is -0.233 e. The monoisotopic (exact) mass is 390 g/mol. The molecule has 3 heteroatoms. The highest BCUT2D eigenvalue weighted by Gasteiger charge is 2.43. The highest BCUT2D eigenvalue weighted by atomic mass is 28.3. The van der Waals surface area contributed by atoms with E-state index in [0.29, 0.717) is 16.6 Å². The molecule has 3 aromatic rings. The maximum atomic E-state index is 5.17. The molecule has 1 aromatic heterocycles. The van der Waals surface area contributed by atoms with E-state index in [1.165, 1.54) is 16.6 Å². The maximum absolute atomic E-state index is 5.17. The Labute approximate surface area is 171 Å². The van der Waals surface area contributed by atoms with Gasteiger partial charge in [0.1, 0.15) is 0 Å². The fourth-order valence-corrected chi connectivity index (χ4v) is 11.1. The molecular weight excluding hydrogens is 356 g/mol. The summed E-state index contributed by atoms with van der Waals surface area (Å²) in [5.41, 5.74) is 6.81. The van der Waals surface area contributed by atoms with Crippen molar-refractivity contribution in [1.82, 2.24) is 9.97 Å². The topological polar surface area (TPSA) is 25.8 Å². The predicted octanol–water partition coefficient (Wildman–Crippen LogP) is 7.37. The molecular formula is C25H34N2Si. The van der Waals surface area contributed by atoms with Crippen LogP contribution in [0.5, 0.6) is 0 Å². The molecule has 1 heterocycles. The van der Waals surface area contributed by atoms with Crippen molar-refractivity contribution in [2.24, 2.45) is 0 Å². The molecule has 0 amide bonds. The average molecular weight is 391 g/mol. The van der Waals surface area contributed by atoms with Crippen molar-refractivity contribution in [2.45, 2.75) is 71.1 Å². The zero-order chi connectivity index (χ0) is 20.5. The second-order valence-corrected chi connectivity index (χ2v) is 15.2. The molecule has 0 spiro atoms. The number of aryl methyl sites for hydroxylation is 1. The van der Waals surface area contributed by atoms with E-state index in [4.69, 9.17) is 9.97 Å². The number of hydrogen-bond donors (Lipinski definition) is 0. The smallest absolute Gasteiger partial charge is 0.160 e. The molecule has 2 nitrogen and oxygen atoms in total. The zero-order valence-electron chi connectivity index (χ0n) is 18.5. The minimum absolute atomic E-state index is 0.711. The molecule has 2 aromatic carbocycles.